The molecule has 11 nitrogen and oxygen atoms in total. The summed E-state index contributed by atoms with van der Waals surface area (Å²) in [6, 6.07) is 7.93. The molecule has 2 aromatic carbocycles. The molecule has 200 valence electrons. The molecule has 0 saturated heterocycles. The molecule has 0 aliphatic heterocycles. The molecule has 38 heavy (non-hydrogen) atoms. The van der Waals surface area contributed by atoms with Gasteiger partial charge in [0.15, 0.2) is 17.2 Å². The number of halogens is 1. The molecule has 2 aromatic heterocycles. The van der Waals surface area contributed by atoms with Gasteiger partial charge in [-0.2, -0.15) is 0 Å². The van der Waals surface area contributed by atoms with E-state index < -0.39 is 21.8 Å². The highest BCUT2D eigenvalue weighted by molar-refractivity contribution is 7.92. The number of carbonyl (C=O) groups excluding carboxylic acids is 1. The van der Waals surface area contributed by atoms with Crippen LogP contribution in [0.15, 0.2) is 58.4 Å². The van der Waals surface area contributed by atoms with Gasteiger partial charge in [0.05, 0.1) is 20.8 Å². The molecule has 0 saturated carbocycles. The number of hydrogen-bond acceptors (Lipinski definition) is 10. The van der Waals surface area contributed by atoms with Gasteiger partial charge in [0.25, 0.3) is 21.1 Å². The van der Waals surface area contributed by atoms with Crippen LogP contribution in [0.1, 0.15) is 17.4 Å². The standard InChI is InChI=1S/C24H23FN4O7S2/c1-5-14-6-7-17(33-3)20(8-14)38(31,32)29-22-21-18(34-4)9-15(10-19(21)36-28-22)35-24-27-12-16(37-24)11-26-23(30)13(2)25/h6-10,12H,2,5,11H2,1,3-4H3,(H,26,30)(H,28,29). The first-order valence-corrected chi connectivity index (χ1v) is 13.4. The van der Waals surface area contributed by atoms with Gasteiger partial charge < -0.3 is 24.1 Å². The van der Waals surface area contributed by atoms with E-state index in [-0.39, 0.29) is 50.7 Å². The number of carbonyl (C=O) groups is 1. The molecule has 0 radical (unpaired) electrons. The summed E-state index contributed by atoms with van der Waals surface area (Å²) in [5.41, 5.74) is 1.01. The van der Waals surface area contributed by atoms with E-state index in [0.717, 1.165) is 16.9 Å². The molecule has 4 aromatic rings. The summed E-state index contributed by atoms with van der Waals surface area (Å²) in [5.74, 6) is -1.38. The molecule has 14 heteroatoms. The van der Waals surface area contributed by atoms with Crippen molar-refractivity contribution in [1.82, 2.24) is 15.5 Å². The number of nitrogens with zero attached hydrogens (tertiary/aromatic N) is 2. The number of methoxy groups -OCH3 is 2. The van der Waals surface area contributed by atoms with Crippen LogP contribution in [0.25, 0.3) is 11.0 Å². The van der Waals surface area contributed by atoms with Crippen molar-refractivity contribution in [1.29, 1.82) is 0 Å². The molecule has 0 aliphatic carbocycles. The number of fused-ring (bicyclic) bond motifs is 1. The molecule has 0 bridgehead atoms. The van der Waals surface area contributed by atoms with Crippen molar-refractivity contribution < 1.29 is 36.3 Å². The van der Waals surface area contributed by atoms with E-state index in [1.54, 1.807) is 12.1 Å². The van der Waals surface area contributed by atoms with E-state index in [9.17, 15) is 17.6 Å². The fourth-order valence-corrected chi connectivity index (χ4v) is 5.36. The zero-order valence-electron chi connectivity index (χ0n) is 20.5. The molecule has 0 spiro atoms. The number of anilines is 1. The van der Waals surface area contributed by atoms with Gasteiger partial charge in [0, 0.05) is 23.2 Å². The number of amides is 1. The van der Waals surface area contributed by atoms with E-state index in [1.807, 2.05) is 6.92 Å². The lowest BCUT2D eigenvalue weighted by molar-refractivity contribution is -0.119. The van der Waals surface area contributed by atoms with Crippen LogP contribution >= 0.6 is 11.3 Å². The number of aryl methyl sites for hydroxylation is 1. The van der Waals surface area contributed by atoms with Gasteiger partial charge in [0.1, 0.15) is 27.5 Å². The van der Waals surface area contributed by atoms with Crippen molar-refractivity contribution in [3.05, 3.63) is 59.4 Å². The van der Waals surface area contributed by atoms with Crippen molar-refractivity contribution >= 4 is 44.1 Å². The van der Waals surface area contributed by atoms with Gasteiger partial charge in [-0.3, -0.25) is 9.52 Å². The molecular formula is C24H23FN4O7S2. The average Bonchev–Trinajstić information content (AvgIpc) is 3.52. The van der Waals surface area contributed by atoms with E-state index in [0.29, 0.717) is 11.3 Å². The number of ether oxygens (including phenoxy) is 3. The SMILES string of the molecule is C=C(F)C(=O)NCc1cnc(Oc2cc(OC)c3c(NS(=O)(=O)c4cc(CC)ccc4OC)noc3c2)s1. The summed E-state index contributed by atoms with van der Waals surface area (Å²) in [5, 5.41) is 6.76. The Balaban J connectivity index is 1.59. The summed E-state index contributed by atoms with van der Waals surface area (Å²) in [6.45, 7) is 4.89. The number of aromatic nitrogens is 2. The Hall–Kier alpha value is -4.17. The van der Waals surface area contributed by atoms with Crippen molar-refractivity contribution in [2.24, 2.45) is 0 Å². The highest BCUT2D eigenvalue weighted by Gasteiger charge is 2.25. The van der Waals surface area contributed by atoms with Crippen LogP contribution in [0.5, 0.6) is 22.4 Å². The van der Waals surface area contributed by atoms with Crippen LogP contribution in [0.2, 0.25) is 0 Å². The number of benzene rings is 2. The maximum Gasteiger partial charge on any atom is 0.279 e. The van der Waals surface area contributed by atoms with E-state index in [1.165, 1.54) is 38.6 Å². The van der Waals surface area contributed by atoms with E-state index in [2.05, 4.69) is 26.8 Å². The molecule has 0 atom stereocenters. The zero-order valence-corrected chi connectivity index (χ0v) is 22.2. The Morgan fingerprint density at radius 2 is 1.95 bits per heavy atom. The third kappa shape index (κ3) is 5.70. The minimum atomic E-state index is -4.10. The first kappa shape index (κ1) is 26.9. The van der Waals surface area contributed by atoms with E-state index in [4.69, 9.17) is 18.7 Å². The molecule has 1 amide bonds. The predicted molar refractivity (Wildman–Crippen MR) is 138 cm³/mol. The smallest absolute Gasteiger partial charge is 0.279 e. The monoisotopic (exact) mass is 562 g/mol. The van der Waals surface area contributed by atoms with Crippen LogP contribution in [0.4, 0.5) is 10.2 Å². The normalized spacial score (nSPS) is 11.3. The summed E-state index contributed by atoms with van der Waals surface area (Å²) in [6.07, 6.45) is 2.11. The molecule has 2 heterocycles. The van der Waals surface area contributed by atoms with E-state index >= 15 is 0 Å². The minimum absolute atomic E-state index is 0.0407. The summed E-state index contributed by atoms with van der Waals surface area (Å²) >= 11 is 1.13. The van der Waals surface area contributed by atoms with Crippen LogP contribution in [0.3, 0.4) is 0 Å². The van der Waals surface area contributed by atoms with Gasteiger partial charge in [-0.05, 0) is 24.1 Å². The number of nitrogens with one attached hydrogen (secondary N) is 2. The highest BCUT2D eigenvalue weighted by Crippen LogP contribution is 2.39. The Morgan fingerprint density at radius 3 is 2.63 bits per heavy atom. The fraction of sp³-hybridized carbons (Fsp3) is 0.208. The van der Waals surface area contributed by atoms with Crippen molar-refractivity contribution in [2.75, 3.05) is 18.9 Å². The second kappa shape index (κ2) is 11.1. The van der Waals surface area contributed by atoms with Gasteiger partial charge in [-0.25, -0.2) is 17.8 Å². The lowest BCUT2D eigenvalue weighted by Gasteiger charge is -2.12. The first-order valence-electron chi connectivity index (χ1n) is 11.1. The van der Waals surface area contributed by atoms with Crippen LogP contribution < -0.4 is 24.2 Å². The second-order valence-electron chi connectivity index (χ2n) is 7.76. The number of rotatable bonds is 11. The number of hydrogen-bond donors (Lipinski definition) is 2. The summed E-state index contributed by atoms with van der Waals surface area (Å²) < 4.78 is 63.6. The average molecular weight is 563 g/mol. The van der Waals surface area contributed by atoms with Gasteiger partial charge in [-0.15, -0.1) is 0 Å². The second-order valence-corrected chi connectivity index (χ2v) is 10.5. The first-order chi connectivity index (χ1) is 18.1. The quantitative estimate of drug-likeness (QED) is 0.252. The lowest BCUT2D eigenvalue weighted by Crippen LogP contribution is -2.21. The van der Waals surface area contributed by atoms with Gasteiger partial charge >= 0.3 is 0 Å². The Bertz CT molecular complexity index is 1620. The third-order valence-electron chi connectivity index (χ3n) is 5.30. The van der Waals surface area contributed by atoms with Crippen LogP contribution in [-0.4, -0.2) is 38.7 Å². The summed E-state index contributed by atoms with van der Waals surface area (Å²) in [4.78, 5) is 16.0. The molecule has 4 rings (SSSR count). The predicted octanol–water partition coefficient (Wildman–Crippen LogP) is 4.56. The van der Waals surface area contributed by atoms with Crippen molar-refractivity contribution in [3.63, 3.8) is 0 Å². The molecule has 0 unspecified atom stereocenters. The number of thiazole rings is 1. The van der Waals surface area contributed by atoms with Crippen molar-refractivity contribution in [3.8, 4) is 22.4 Å². The molecule has 0 fully saturated rings. The third-order valence-corrected chi connectivity index (χ3v) is 7.53. The topological polar surface area (TPSA) is 142 Å². The maximum atomic E-state index is 13.2. The largest absolute Gasteiger partial charge is 0.496 e. The van der Waals surface area contributed by atoms with Crippen LogP contribution in [0, 0.1) is 0 Å². The molecule has 2 N–H and O–H groups in total. The summed E-state index contributed by atoms with van der Waals surface area (Å²) in [7, 11) is -1.31. The Kier molecular flexibility index (Phi) is 7.83. The van der Waals surface area contributed by atoms with Crippen molar-refractivity contribution in [2.45, 2.75) is 24.8 Å². The molecular weight excluding hydrogens is 539 g/mol. The number of sulfonamides is 1. The van der Waals surface area contributed by atoms with Gasteiger partial charge in [-0.1, -0.05) is 36.1 Å². The molecule has 0 aliphatic rings. The van der Waals surface area contributed by atoms with Crippen LogP contribution in [-0.2, 0) is 27.8 Å². The Labute approximate surface area is 221 Å². The maximum absolute atomic E-state index is 13.2. The Morgan fingerprint density at radius 1 is 1.18 bits per heavy atom. The zero-order chi connectivity index (χ0) is 27.4. The van der Waals surface area contributed by atoms with Gasteiger partial charge in [0.2, 0.25) is 0 Å². The fourth-order valence-electron chi connectivity index (χ4n) is 3.42. The minimum Gasteiger partial charge on any atom is -0.496 e. The lowest BCUT2D eigenvalue weighted by atomic mass is 10.2. The highest BCUT2D eigenvalue weighted by atomic mass is 32.2.